The predicted molar refractivity (Wildman–Crippen MR) is 103 cm³/mol. The van der Waals surface area contributed by atoms with E-state index in [4.69, 9.17) is 9.47 Å². The average Bonchev–Trinajstić information content (AvgIpc) is 2.69. The molecule has 1 aromatic rings. The minimum absolute atomic E-state index is 0.442. The first-order valence-corrected chi connectivity index (χ1v) is 10.1. The molecular formula is C21H34O6. The predicted octanol–water partition coefficient (Wildman–Crippen LogP) is 2.33. The maximum absolute atomic E-state index is 10.3. The molecule has 1 aliphatic heterocycles. The molecule has 1 aliphatic rings. The van der Waals surface area contributed by atoms with Gasteiger partial charge in [0.15, 0.2) is 0 Å². The Hall–Kier alpha value is -1.18. The quantitative estimate of drug-likeness (QED) is 0.439. The number of ether oxygens (including phenoxy) is 2. The fourth-order valence-electron chi connectivity index (χ4n) is 3.45. The van der Waals surface area contributed by atoms with Crippen molar-refractivity contribution in [2.24, 2.45) is 0 Å². The summed E-state index contributed by atoms with van der Waals surface area (Å²) in [6, 6.07) is 7.22. The van der Waals surface area contributed by atoms with E-state index in [0.29, 0.717) is 17.9 Å². The van der Waals surface area contributed by atoms with Crippen molar-refractivity contribution in [3.8, 4) is 5.75 Å². The van der Waals surface area contributed by atoms with Crippen LogP contribution in [0.1, 0.15) is 63.5 Å². The van der Waals surface area contributed by atoms with Crippen molar-refractivity contribution in [2.45, 2.75) is 82.4 Å². The van der Waals surface area contributed by atoms with Crippen LogP contribution in [0.5, 0.6) is 5.75 Å². The van der Waals surface area contributed by atoms with Gasteiger partial charge in [-0.05, 0) is 12.5 Å². The largest absolute Gasteiger partial charge is 0.493 e. The molecule has 0 radical (unpaired) electrons. The molecule has 6 heteroatoms. The standard InChI is InChI=1S/C21H34O6/c1-2-3-4-5-6-7-10-13-26-16-12-9-8-11-15(16)21-20(25)19(24)18(23)17(14-22)27-21/h8-9,11-12,17-25H,2-7,10,13-14H2,1H3/t17-,18+,19+,20-,21?/m1/s1. The minimum atomic E-state index is -1.39. The highest BCUT2D eigenvalue weighted by Crippen LogP contribution is 2.36. The van der Waals surface area contributed by atoms with Crippen molar-refractivity contribution in [1.29, 1.82) is 0 Å². The lowest BCUT2D eigenvalue weighted by Gasteiger charge is -2.40. The summed E-state index contributed by atoms with van der Waals surface area (Å²) < 4.78 is 11.5. The fourth-order valence-corrected chi connectivity index (χ4v) is 3.45. The molecule has 1 saturated heterocycles. The van der Waals surface area contributed by atoms with E-state index in [0.717, 1.165) is 12.8 Å². The van der Waals surface area contributed by atoms with Gasteiger partial charge in [0.1, 0.15) is 36.3 Å². The third-order valence-corrected chi connectivity index (χ3v) is 5.12. The highest BCUT2D eigenvalue weighted by molar-refractivity contribution is 5.36. The second kappa shape index (κ2) is 11.6. The average molecular weight is 382 g/mol. The summed E-state index contributed by atoms with van der Waals surface area (Å²) in [5.74, 6) is 0.591. The monoisotopic (exact) mass is 382 g/mol. The van der Waals surface area contributed by atoms with Crippen LogP contribution in [0.15, 0.2) is 24.3 Å². The van der Waals surface area contributed by atoms with Crippen LogP contribution in [0, 0.1) is 0 Å². The van der Waals surface area contributed by atoms with Gasteiger partial charge in [0.05, 0.1) is 13.2 Å². The van der Waals surface area contributed by atoms with E-state index in [1.807, 2.05) is 6.07 Å². The molecule has 4 N–H and O–H groups in total. The molecule has 154 valence electrons. The zero-order valence-corrected chi connectivity index (χ0v) is 16.2. The normalized spacial score (nSPS) is 28.3. The number of hydrogen-bond acceptors (Lipinski definition) is 6. The number of aliphatic hydroxyl groups is 4. The minimum Gasteiger partial charge on any atom is -0.493 e. The molecule has 0 saturated carbocycles. The van der Waals surface area contributed by atoms with Crippen LogP contribution in [0.4, 0.5) is 0 Å². The highest BCUT2D eigenvalue weighted by Gasteiger charge is 2.44. The van der Waals surface area contributed by atoms with Gasteiger partial charge in [0.25, 0.3) is 0 Å². The maximum Gasteiger partial charge on any atom is 0.125 e. The maximum atomic E-state index is 10.3. The Balaban J connectivity index is 1.91. The van der Waals surface area contributed by atoms with E-state index in [2.05, 4.69) is 6.92 Å². The number of hydrogen-bond donors (Lipinski definition) is 4. The summed E-state index contributed by atoms with van der Waals surface area (Å²) in [4.78, 5) is 0. The van der Waals surface area contributed by atoms with Crippen LogP contribution in [0.2, 0.25) is 0 Å². The lowest BCUT2D eigenvalue weighted by molar-refractivity contribution is -0.232. The Morgan fingerprint density at radius 1 is 0.889 bits per heavy atom. The number of aliphatic hydroxyl groups excluding tert-OH is 4. The summed E-state index contributed by atoms with van der Waals surface area (Å²) in [5.41, 5.74) is 0.609. The second-order valence-electron chi connectivity index (χ2n) is 7.26. The van der Waals surface area contributed by atoms with Crippen molar-refractivity contribution in [2.75, 3.05) is 13.2 Å². The lowest BCUT2D eigenvalue weighted by Crippen LogP contribution is -2.55. The topological polar surface area (TPSA) is 99.4 Å². The molecule has 0 amide bonds. The van der Waals surface area contributed by atoms with Gasteiger partial charge < -0.3 is 29.9 Å². The van der Waals surface area contributed by atoms with Gasteiger partial charge in [-0.1, -0.05) is 63.6 Å². The number of benzene rings is 1. The molecule has 1 fully saturated rings. The second-order valence-corrected chi connectivity index (χ2v) is 7.26. The smallest absolute Gasteiger partial charge is 0.125 e. The van der Waals surface area contributed by atoms with Gasteiger partial charge in [0.2, 0.25) is 0 Å². The summed E-state index contributed by atoms with van der Waals surface area (Å²) in [5, 5.41) is 39.7. The molecule has 0 aliphatic carbocycles. The van der Waals surface area contributed by atoms with E-state index in [1.54, 1.807) is 18.2 Å². The molecule has 0 bridgehead atoms. The van der Waals surface area contributed by atoms with Crippen molar-refractivity contribution < 1.29 is 29.9 Å². The Kier molecular flexibility index (Phi) is 9.51. The summed E-state index contributed by atoms with van der Waals surface area (Å²) in [6.45, 7) is 2.34. The van der Waals surface area contributed by atoms with Crippen molar-refractivity contribution >= 4 is 0 Å². The van der Waals surface area contributed by atoms with Gasteiger partial charge in [0, 0.05) is 5.56 Å². The van der Waals surface area contributed by atoms with E-state index in [-0.39, 0.29) is 0 Å². The van der Waals surface area contributed by atoms with Crippen molar-refractivity contribution in [3.05, 3.63) is 29.8 Å². The molecule has 1 aromatic carbocycles. The summed E-state index contributed by atoms with van der Waals surface area (Å²) in [7, 11) is 0. The third-order valence-electron chi connectivity index (χ3n) is 5.12. The molecule has 0 aromatic heterocycles. The van der Waals surface area contributed by atoms with E-state index in [9.17, 15) is 20.4 Å². The van der Waals surface area contributed by atoms with Crippen LogP contribution in [-0.4, -0.2) is 58.1 Å². The van der Waals surface area contributed by atoms with Crippen LogP contribution in [0.3, 0.4) is 0 Å². The SMILES string of the molecule is CCCCCCCCCOc1ccccc1C1O[C@H](CO)[C@H](O)[C@H](O)[C@H]1O. The highest BCUT2D eigenvalue weighted by atomic mass is 16.5. The van der Waals surface area contributed by atoms with Gasteiger partial charge >= 0.3 is 0 Å². The van der Waals surface area contributed by atoms with Gasteiger partial charge in [-0.25, -0.2) is 0 Å². The molecule has 1 unspecified atom stereocenters. The zero-order valence-electron chi connectivity index (χ0n) is 16.2. The third kappa shape index (κ3) is 6.16. The Bertz CT molecular complexity index is 535. The van der Waals surface area contributed by atoms with Crippen molar-refractivity contribution in [1.82, 2.24) is 0 Å². The van der Waals surface area contributed by atoms with Crippen LogP contribution in [0.25, 0.3) is 0 Å². The molecule has 6 nitrogen and oxygen atoms in total. The number of unbranched alkanes of at least 4 members (excludes halogenated alkanes) is 6. The van der Waals surface area contributed by atoms with Crippen LogP contribution < -0.4 is 4.74 Å². The molecule has 27 heavy (non-hydrogen) atoms. The van der Waals surface area contributed by atoms with E-state index in [1.165, 1.54) is 32.1 Å². The Morgan fingerprint density at radius 3 is 2.26 bits per heavy atom. The Labute approximate surface area is 161 Å². The van der Waals surface area contributed by atoms with E-state index < -0.39 is 37.1 Å². The first-order chi connectivity index (χ1) is 13.1. The van der Waals surface area contributed by atoms with Gasteiger partial charge in [-0.15, -0.1) is 0 Å². The number of para-hydroxylation sites is 1. The molecule has 5 atom stereocenters. The van der Waals surface area contributed by atoms with Gasteiger partial charge in [-0.2, -0.15) is 0 Å². The summed E-state index contributed by atoms with van der Waals surface area (Å²) in [6.07, 6.45) is 2.52. The number of rotatable bonds is 11. The summed E-state index contributed by atoms with van der Waals surface area (Å²) >= 11 is 0. The van der Waals surface area contributed by atoms with Crippen molar-refractivity contribution in [3.63, 3.8) is 0 Å². The Morgan fingerprint density at radius 2 is 1.56 bits per heavy atom. The van der Waals surface area contributed by atoms with Gasteiger partial charge in [-0.3, -0.25) is 0 Å². The van der Waals surface area contributed by atoms with Crippen LogP contribution >= 0.6 is 0 Å². The zero-order chi connectivity index (χ0) is 19.6. The molecule has 0 spiro atoms. The first kappa shape index (κ1) is 22.1. The lowest BCUT2D eigenvalue weighted by atomic mass is 9.91. The fraction of sp³-hybridized carbons (Fsp3) is 0.714. The van der Waals surface area contributed by atoms with Crippen LogP contribution in [-0.2, 0) is 4.74 Å². The molecule has 2 rings (SSSR count). The molecule has 1 heterocycles. The van der Waals surface area contributed by atoms with E-state index >= 15 is 0 Å². The molecular weight excluding hydrogens is 348 g/mol. The first-order valence-electron chi connectivity index (χ1n) is 10.1.